The van der Waals surface area contributed by atoms with Crippen molar-refractivity contribution in [3.63, 3.8) is 0 Å². The molecule has 0 unspecified atom stereocenters. The van der Waals surface area contributed by atoms with Gasteiger partial charge in [-0.25, -0.2) is 4.68 Å². The van der Waals surface area contributed by atoms with Crippen molar-refractivity contribution < 1.29 is 4.79 Å². The number of carbonyl (C=O) groups excluding carboxylic acids is 1. The maximum absolute atomic E-state index is 12.7. The molecule has 4 rings (SSSR count). The van der Waals surface area contributed by atoms with Gasteiger partial charge in [0.25, 0.3) is 11.5 Å². The van der Waals surface area contributed by atoms with Crippen LogP contribution in [0.3, 0.4) is 0 Å². The van der Waals surface area contributed by atoms with Gasteiger partial charge in [0.1, 0.15) is 5.56 Å². The van der Waals surface area contributed by atoms with Crippen LogP contribution in [0.25, 0.3) is 5.69 Å². The number of benzene rings is 2. The quantitative estimate of drug-likeness (QED) is 0.490. The first-order valence-electron chi connectivity index (χ1n) is 10.7. The number of nitrogens with zero attached hydrogens (tertiary/aromatic N) is 3. The van der Waals surface area contributed by atoms with E-state index in [1.54, 1.807) is 22.9 Å². The highest BCUT2D eigenvalue weighted by molar-refractivity contribution is 5.93. The van der Waals surface area contributed by atoms with Crippen molar-refractivity contribution in [2.24, 2.45) is 0 Å². The molecule has 2 heterocycles. The number of aryl methyl sites for hydroxylation is 2. The summed E-state index contributed by atoms with van der Waals surface area (Å²) in [5, 5.41) is 7.37. The summed E-state index contributed by atoms with van der Waals surface area (Å²) in [4.78, 5) is 25.3. The molecule has 2 aromatic carbocycles. The van der Waals surface area contributed by atoms with Gasteiger partial charge in [0.15, 0.2) is 0 Å². The summed E-state index contributed by atoms with van der Waals surface area (Å²) in [6.07, 6.45) is 2.38. The van der Waals surface area contributed by atoms with Crippen molar-refractivity contribution in [3.8, 4) is 5.69 Å². The number of rotatable bonds is 7. The van der Waals surface area contributed by atoms with Crippen molar-refractivity contribution in [2.45, 2.75) is 26.8 Å². The van der Waals surface area contributed by atoms with Crippen LogP contribution in [0.4, 0.5) is 0 Å². The summed E-state index contributed by atoms with van der Waals surface area (Å²) in [5.41, 5.74) is 5.06. The highest BCUT2D eigenvalue weighted by Gasteiger charge is 2.12. The maximum atomic E-state index is 12.7. The highest BCUT2D eigenvalue weighted by atomic mass is 16.2. The molecule has 0 saturated heterocycles. The van der Waals surface area contributed by atoms with Crippen LogP contribution in [0.2, 0.25) is 0 Å². The van der Waals surface area contributed by atoms with Crippen LogP contribution in [0.1, 0.15) is 32.9 Å². The Morgan fingerprint density at radius 1 is 0.938 bits per heavy atom. The monoisotopic (exact) mass is 426 g/mol. The molecule has 0 spiro atoms. The van der Waals surface area contributed by atoms with Crippen molar-refractivity contribution in [2.75, 3.05) is 6.54 Å². The first-order chi connectivity index (χ1) is 15.5. The minimum atomic E-state index is -0.350. The van der Waals surface area contributed by atoms with Gasteiger partial charge in [-0.3, -0.25) is 9.59 Å². The molecule has 32 heavy (non-hydrogen) atoms. The molecular formula is C26H26N4O2. The minimum absolute atomic E-state index is 0.156. The van der Waals surface area contributed by atoms with Gasteiger partial charge in [-0.05, 0) is 61.7 Å². The van der Waals surface area contributed by atoms with E-state index in [9.17, 15) is 9.59 Å². The number of hydrogen-bond acceptors (Lipinski definition) is 3. The first kappa shape index (κ1) is 21.3. The lowest BCUT2D eigenvalue weighted by Gasteiger charge is -2.10. The van der Waals surface area contributed by atoms with E-state index >= 15 is 0 Å². The molecule has 0 aliphatic rings. The number of pyridine rings is 1. The van der Waals surface area contributed by atoms with Crippen LogP contribution in [-0.2, 0) is 13.0 Å². The Balaban J connectivity index is 1.36. The molecule has 6 heteroatoms. The molecule has 2 aromatic heterocycles. The average molecular weight is 427 g/mol. The Hall–Kier alpha value is -3.93. The molecule has 0 radical (unpaired) electrons. The van der Waals surface area contributed by atoms with Crippen LogP contribution in [-0.4, -0.2) is 26.8 Å². The minimum Gasteiger partial charge on any atom is -0.352 e. The lowest BCUT2D eigenvalue weighted by molar-refractivity contribution is 0.0952. The largest absolute Gasteiger partial charge is 0.352 e. The van der Waals surface area contributed by atoms with Gasteiger partial charge in [-0.15, -0.1) is 0 Å². The molecule has 0 fully saturated rings. The zero-order chi connectivity index (χ0) is 22.5. The summed E-state index contributed by atoms with van der Waals surface area (Å²) in [5.74, 6) is -0.350. The van der Waals surface area contributed by atoms with Crippen molar-refractivity contribution in [3.05, 3.63) is 117 Å². The second-order valence-corrected chi connectivity index (χ2v) is 7.85. The van der Waals surface area contributed by atoms with E-state index in [0.717, 1.165) is 28.2 Å². The second-order valence-electron chi connectivity index (χ2n) is 7.85. The van der Waals surface area contributed by atoms with Crippen molar-refractivity contribution in [1.82, 2.24) is 19.7 Å². The molecule has 1 amide bonds. The van der Waals surface area contributed by atoms with Crippen LogP contribution in [0, 0.1) is 13.8 Å². The van der Waals surface area contributed by atoms with Crippen molar-refractivity contribution in [1.29, 1.82) is 0 Å². The van der Waals surface area contributed by atoms with Gasteiger partial charge in [-0.2, -0.15) is 5.10 Å². The van der Waals surface area contributed by atoms with Gasteiger partial charge in [0, 0.05) is 18.4 Å². The van der Waals surface area contributed by atoms with Crippen LogP contribution in [0.5, 0.6) is 0 Å². The van der Waals surface area contributed by atoms with E-state index < -0.39 is 0 Å². The average Bonchev–Trinajstić information content (AvgIpc) is 3.14. The second kappa shape index (κ2) is 9.47. The zero-order valence-corrected chi connectivity index (χ0v) is 18.3. The number of amides is 1. The molecule has 6 nitrogen and oxygen atoms in total. The molecule has 4 aromatic rings. The fourth-order valence-corrected chi connectivity index (χ4v) is 3.72. The summed E-state index contributed by atoms with van der Waals surface area (Å²) < 4.78 is 3.47. The lowest BCUT2D eigenvalue weighted by atomic mass is 10.1. The summed E-state index contributed by atoms with van der Waals surface area (Å²) in [7, 11) is 0. The van der Waals surface area contributed by atoms with E-state index in [4.69, 9.17) is 0 Å². The predicted octanol–water partition coefficient (Wildman–Crippen LogP) is 3.67. The summed E-state index contributed by atoms with van der Waals surface area (Å²) >= 11 is 0. The van der Waals surface area contributed by atoms with Crippen LogP contribution in [0.15, 0.2) is 83.8 Å². The van der Waals surface area contributed by atoms with Gasteiger partial charge >= 0.3 is 0 Å². The Labute approximate surface area is 187 Å². The molecule has 0 aliphatic heterocycles. The Morgan fingerprint density at radius 3 is 2.38 bits per heavy atom. The Kier molecular flexibility index (Phi) is 6.31. The molecule has 162 valence electrons. The SMILES string of the molecule is Cc1cc(C)n(-c2ccc(CCNC(=O)c3cccn(Cc4ccccc4)c3=O)cc2)n1. The maximum Gasteiger partial charge on any atom is 0.263 e. The summed E-state index contributed by atoms with van der Waals surface area (Å²) in [6.45, 7) is 4.89. The molecule has 0 saturated carbocycles. The number of carbonyl (C=O) groups is 1. The van der Waals surface area contributed by atoms with E-state index in [-0.39, 0.29) is 17.0 Å². The third-order valence-corrected chi connectivity index (χ3v) is 5.35. The Morgan fingerprint density at radius 2 is 1.69 bits per heavy atom. The molecule has 1 N–H and O–H groups in total. The normalized spacial score (nSPS) is 10.8. The van der Waals surface area contributed by atoms with E-state index in [1.807, 2.05) is 79.2 Å². The van der Waals surface area contributed by atoms with E-state index in [2.05, 4.69) is 10.4 Å². The van der Waals surface area contributed by atoms with Gasteiger partial charge in [-0.1, -0.05) is 42.5 Å². The highest BCUT2D eigenvalue weighted by Crippen LogP contribution is 2.13. The molecule has 0 aliphatic carbocycles. The van der Waals surface area contributed by atoms with E-state index in [0.29, 0.717) is 19.5 Å². The fraction of sp³-hybridized carbons (Fsp3) is 0.192. The predicted molar refractivity (Wildman–Crippen MR) is 125 cm³/mol. The smallest absolute Gasteiger partial charge is 0.263 e. The number of nitrogens with one attached hydrogen (secondary N) is 1. The first-order valence-corrected chi connectivity index (χ1v) is 10.7. The standard InChI is InChI=1S/C26H26N4O2/c1-19-17-20(2)30(28-19)23-12-10-21(11-13-23)14-15-27-25(31)24-9-6-16-29(26(24)32)18-22-7-4-3-5-8-22/h3-13,16-17H,14-15,18H2,1-2H3,(H,27,31). The van der Waals surface area contributed by atoms with Crippen LogP contribution >= 0.6 is 0 Å². The number of hydrogen-bond donors (Lipinski definition) is 1. The Bertz CT molecular complexity index is 1270. The molecule has 0 atom stereocenters. The topological polar surface area (TPSA) is 68.9 Å². The van der Waals surface area contributed by atoms with Crippen LogP contribution < -0.4 is 10.9 Å². The molecular weight excluding hydrogens is 400 g/mol. The van der Waals surface area contributed by atoms with Gasteiger partial charge < -0.3 is 9.88 Å². The molecule has 0 bridgehead atoms. The lowest BCUT2D eigenvalue weighted by Crippen LogP contribution is -2.33. The fourth-order valence-electron chi connectivity index (χ4n) is 3.72. The zero-order valence-electron chi connectivity index (χ0n) is 18.3. The van der Waals surface area contributed by atoms with Gasteiger partial charge in [0.2, 0.25) is 0 Å². The van der Waals surface area contributed by atoms with Gasteiger partial charge in [0.05, 0.1) is 17.9 Å². The third-order valence-electron chi connectivity index (χ3n) is 5.35. The summed E-state index contributed by atoms with van der Waals surface area (Å²) in [6, 6.07) is 23.2. The third kappa shape index (κ3) is 4.86. The van der Waals surface area contributed by atoms with Crippen molar-refractivity contribution >= 4 is 5.91 Å². The van der Waals surface area contributed by atoms with E-state index in [1.165, 1.54) is 0 Å². The number of aromatic nitrogens is 3.